The molecule has 1 amide bonds. The summed E-state index contributed by atoms with van der Waals surface area (Å²) in [5, 5.41) is 13.9. The number of guanidine groups is 1. The van der Waals surface area contributed by atoms with Crippen LogP contribution in [0.4, 0.5) is 0 Å². The van der Waals surface area contributed by atoms with Crippen LogP contribution in [0.2, 0.25) is 0 Å². The number of benzene rings is 1. The normalized spacial score (nSPS) is 20.3. The third-order valence-electron chi connectivity index (χ3n) is 6.11. The maximum absolute atomic E-state index is 12.7. The number of carbonyl (C=O) groups is 1. The quantitative estimate of drug-likeness (QED) is 0.546. The third kappa shape index (κ3) is 5.73. The van der Waals surface area contributed by atoms with Crippen molar-refractivity contribution in [2.24, 2.45) is 4.99 Å². The Morgan fingerprint density at radius 1 is 1.13 bits per heavy atom. The number of aliphatic hydroxyl groups is 1. The van der Waals surface area contributed by atoms with Crippen LogP contribution in [0.25, 0.3) is 0 Å². The zero-order valence-electron chi connectivity index (χ0n) is 18.7. The number of amides is 1. The molecule has 0 saturated carbocycles. The van der Waals surface area contributed by atoms with Crippen molar-refractivity contribution in [1.29, 1.82) is 0 Å². The van der Waals surface area contributed by atoms with Crippen LogP contribution >= 0.6 is 0 Å². The van der Waals surface area contributed by atoms with Crippen LogP contribution in [0, 0.1) is 6.92 Å². The van der Waals surface area contributed by atoms with E-state index < -0.39 is 6.10 Å². The summed E-state index contributed by atoms with van der Waals surface area (Å²) in [5.41, 5.74) is 2.03. The summed E-state index contributed by atoms with van der Waals surface area (Å²) in [6, 6.07) is 7.88. The van der Waals surface area contributed by atoms with Crippen molar-refractivity contribution in [2.75, 3.05) is 52.4 Å². The van der Waals surface area contributed by atoms with Crippen molar-refractivity contribution in [3.05, 3.63) is 35.4 Å². The van der Waals surface area contributed by atoms with Gasteiger partial charge in [-0.25, -0.2) is 0 Å². The fraction of sp³-hybridized carbons (Fsp3) is 0.652. The number of aliphatic imine (C=N–C) groups is 1. The SMILES string of the molecule is CCNC(=NCC(O)c1cccc(C)c1)N1CCN(C(C)C(=O)N2CCCC2)CC1. The second kappa shape index (κ2) is 10.8. The lowest BCUT2D eigenvalue weighted by Crippen LogP contribution is -2.57. The minimum absolute atomic E-state index is 0.0621. The summed E-state index contributed by atoms with van der Waals surface area (Å²) < 4.78 is 0. The summed E-state index contributed by atoms with van der Waals surface area (Å²) in [7, 11) is 0. The Morgan fingerprint density at radius 2 is 1.83 bits per heavy atom. The number of nitrogens with one attached hydrogen (secondary N) is 1. The van der Waals surface area contributed by atoms with E-state index in [1.54, 1.807) is 0 Å². The van der Waals surface area contributed by atoms with Crippen LogP contribution in [0.15, 0.2) is 29.3 Å². The minimum atomic E-state index is -0.613. The smallest absolute Gasteiger partial charge is 0.239 e. The fourth-order valence-electron chi connectivity index (χ4n) is 4.26. The molecular weight excluding hydrogens is 378 g/mol. The molecule has 0 aliphatic carbocycles. The largest absolute Gasteiger partial charge is 0.386 e. The van der Waals surface area contributed by atoms with E-state index in [9.17, 15) is 9.90 Å². The predicted molar refractivity (Wildman–Crippen MR) is 121 cm³/mol. The molecule has 1 aromatic rings. The molecule has 166 valence electrons. The zero-order valence-corrected chi connectivity index (χ0v) is 18.7. The lowest BCUT2D eigenvalue weighted by Gasteiger charge is -2.39. The molecule has 7 nitrogen and oxygen atoms in total. The number of rotatable bonds is 6. The monoisotopic (exact) mass is 415 g/mol. The first-order valence-corrected chi connectivity index (χ1v) is 11.3. The molecule has 0 bridgehead atoms. The van der Waals surface area contributed by atoms with E-state index in [2.05, 4.69) is 22.0 Å². The Labute approximate surface area is 180 Å². The van der Waals surface area contributed by atoms with Crippen molar-refractivity contribution in [3.8, 4) is 0 Å². The predicted octanol–water partition coefficient (Wildman–Crippen LogP) is 1.62. The van der Waals surface area contributed by atoms with Crippen molar-refractivity contribution >= 4 is 11.9 Å². The third-order valence-corrected chi connectivity index (χ3v) is 6.11. The van der Waals surface area contributed by atoms with E-state index in [1.807, 2.05) is 43.0 Å². The van der Waals surface area contributed by atoms with E-state index >= 15 is 0 Å². The van der Waals surface area contributed by atoms with Gasteiger partial charge in [-0.1, -0.05) is 29.8 Å². The highest BCUT2D eigenvalue weighted by Gasteiger charge is 2.30. The van der Waals surface area contributed by atoms with Crippen molar-refractivity contribution in [3.63, 3.8) is 0 Å². The van der Waals surface area contributed by atoms with Gasteiger partial charge in [-0.3, -0.25) is 14.7 Å². The summed E-state index contributed by atoms with van der Waals surface area (Å²) in [6.45, 7) is 12.4. The second-order valence-electron chi connectivity index (χ2n) is 8.36. The van der Waals surface area contributed by atoms with Gasteiger partial charge in [0, 0.05) is 45.8 Å². The highest BCUT2D eigenvalue weighted by Crippen LogP contribution is 2.16. The molecule has 0 aromatic heterocycles. The molecule has 30 heavy (non-hydrogen) atoms. The molecule has 7 heteroatoms. The number of carbonyl (C=O) groups excluding carboxylic acids is 1. The molecule has 2 unspecified atom stereocenters. The number of piperazine rings is 1. The van der Waals surface area contributed by atoms with Gasteiger partial charge in [-0.05, 0) is 39.2 Å². The van der Waals surface area contributed by atoms with Crippen LogP contribution < -0.4 is 5.32 Å². The Balaban J connectivity index is 1.55. The molecule has 2 atom stereocenters. The minimum Gasteiger partial charge on any atom is -0.386 e. The maximum atomic E-state index is 12.7. The van der Waals surface area contributed by atoms with E-state index in [4.69, 9.17) is 4.99 Å². The Kier molecular flexibility index (Phi) is 8.10. The van der Waals surface area contributed by atoms with Crippen LogP contribution in [0.1, 0.15) is 43.9 Å². The molecule has 2 fully saturated rings. The lowest BCUT2D eigenvalue weighted by molar-refractivity contribution is -0.135. The van der Waals surface area contributed by atoms with Crippen LogP contribution in [-0.2, 0) is 4.79 Å². The molecule has 3 rings (SSSR count). The Hall–Kier alpha value is -2.12. The van der Waals surface area contributed by atoms with Crippen LogP contribution in [-0.4, -0.2) is 90.1 Å². The van der Waals surface area contributed by atoms with Crippen molar-refractivity contribution < 1.29 is 9.90 Å². The number of hydrogen-bond donors (Lipinski definition) is 2. The molecule has 0 spiro atoms. The number of aryl methyl sites for hydroxylation is 1. The molecule has 0 radical (unpaired) electrons. The zero-order chi connectivity index (χ0) is 21.5. The van der Waals surface area contributed by atoms with E-state index in [0.717, 1.165) is 75.7 Å². The van der Waals surface area contributed by atoms with Gasteiger partial charge >= 0.3 is 0 Å². The average Bonchev–Trinajstić information content (AvgIpc) is 3.30. The van der Waals surface area contributed by atoms with E-state index in [1.165, 1.54) is 0 Å². The molecule has 2 N–H and O–H groups in total. The van der Waals surface area contributed by atoms with Crippen molar-refractivity contribution in [1.82, 2.24) is 20.0 Å². The number of hydrogen-bond acceptors (Lipinski definition) is 4. The number of likely N-dealkylation sites (tertiary alicyclic amines) is 1. The van der Waals surface area contributed by atoms with Crippen molar-refractivity contribution in [2.45, 2.75) is 45.8 Å². The first-order valence-electron chi connectivity index (χ1n) is 11.3. The Bertz CT molecular complexity index is 724. The molecule has 2 saturated heterocycles. The highest BCUT2D eigenvalue weighted by molar-refractivity contribution is 5.82. The second-order valence-corrected chi connectivity index (χ2v) is 8.36. The number of nitrogens with zero attached hydrogens (tertiary/aromatic N) is 4. The standard InChI is InChI=1S/C23H37N5O2/c1-4-24-23(25-17-21(29)20-9-7-8-18(2)16-20)28-14-12-26(13-15-28)19(3)22(30)27-10-5-6-11-27/h7-9,16,19,21,29H,4-6,10-15,17H2,1-3H3,(H,24,25). The summed E-state index contributed by atoms with van der Waals surface area (Å²) >= 11 is 0. The first kappa shape index (κ1) is 22.6. The van der Waals surface area contributed by atoms with Gasteiger partial charge in [0.15, 0.2) is 5.96 Å². The molecule has 2 heterocycles. The van der Waals surface area contributed by atoms with E-state index in [-0.39, 0.29) is 11.9 Å². The molecule has 2 aliphatic heterocycles. The topological polar surface area (TPSA) is 71.4 Å². The lowest BCUT2D eigenvalue weighted by atomic mass is 10.1. The van der Waals surface area contributed by atoms with Crippen LogP contribution in [0.3, 0.4) is 0 Å². The fourth-order valence-corrected chi connectivity index (χ4v) is 4.26. The van der Waals surface area contributed by atoms with Crippen LogP contribution in [0.5, 0.6) is 0 Å². The molecular formula is C23H37N5O2. The van der Waals surface area contributed by atoms with Gasteiger partial charge in [-0.2, -0.15) is 0 Å². The Morgan fingerprint density at radius 3 is 2.47 bits per heavy atom. The summed E-state index contributed by atoms with van der Waals surface area (Å²) in [5.74, 6) is 1.10. The summed E-state index contributed by atoms with van der Waals surface area (Å²) in [6.07, 6.45) is 1.64. The van der Waals surface area contributed by atoms with Gasteiger partial charge in [0.05, 0.1) is 18.7 Å². The van der Waals surface area contributed by atoms with E-state index in [0.29, 0.717) is 6.54 Å². The number of aliphatic hydroxyl groups excluding tert-OH is 1. The maximum Gasteiger partial charge on any atom is 0.239 e. The molecule has 2 aliphatic rings. The first-order chi connectivity index (χ1) is 14.5. The van der Waals surface area contributed by atoms with Gasteiger partial charge in [0.1, 0.15) is 0 Å². The average molecular weight is 416 g/mol. The van der Waals surface area contributed by atoms with Gasteiger partial charge in [-0.15, -0.1) is 0 Å². The van der Waals surface area contributed by atoms with Gasteiger partial charge in [0.25, 0.3) is 0 Å². The molecule has 1 aromatic carbocycles. The van der Waals surface area contributed by atoms with Gasteiger partial charge in [0.2, 0.25) is 5.91 Å². The highest BCUT2D eigenvalue weighted by atomic mass is 16.3. The van der Waals surface area contributed by atoms with Gasteiger partial charge < -0.3 is 20.2 Å². The summed E-state index contributed by atoms with van der Waals surface area (Å²) in [4.78, 5) is 23.9.